The fourth-order valence-electron chi connectivity index (χ4n) is 7.14. The highest BCUT2D eigenvalue weighted by atomic mass is 16.5. The number of aromatic nitrogens is 2. The van der Waals surface area contributed by atoms with Crippen LogP contribution in [0.2, 0.25) is 0 Å². The van der Waals surface area contributed by atoms with E-state index in [4.69, 9.17) is 15.5 Å². The quantitative estimate of drug-likeness (QED) is 0.511. The smallest absolute Gasteiger partial charge is 0.320 e. The highest BCUT2D eigenvalue weighted by Gasteiger charge is 2.45. The van der Waals surface area contributed by atoms with Crippen LogP contribution in [0, 0.1) is 5.41 Å². The maximum absolute atomic E-state index is 13.1. The number of carbonyl (C=O) groups is 3. The molecule has 3 amide bonds. The number of carbonyl (C=O) groups excluding carboxylic acids is 3. The fourth-order valence-corrected chi connectivity index (χ4v) is 7.14. The molecular formula is C30H38N8O4. The molecule has 1 spiro atoms. The van der Waals surface area contributed by atoms with E-state index in [-0.39, 0.29) is 29.2 Å². The lowest BCUT2D eigenvalue weighted by Crippen LogP contribution is -2.53. The number of ketones is 1. The summed E-state index contributed by atoms with van der Waals surface area (Å²) >= 11 is 0. The Bertz CT molecular complexity index is 1360. The molecule has 5 heterocycles. The Morgan fingerprint density at radius 1 is 0.952 bits per heavy atom. The number of nitrogens with zero attached hydrogens (tertiary/aromatic N) is 6. The van der Waals surface area contributed by atoms with Crippen LogP contribution in [0.1, 0.15) is 49.0 Å². The number of amides is 3. The first-order chi connectivity index (χ1) is 20.4. The zero-order valence-electron chi connectivity index (χ0n) is 23.8. The van der Waals surface area contributed by atoms with E-state index in [1.165, 1.54) is 0 Å². The Morgan fingerprint density at radius 2 is 1.67 bits per heavy atom. The molecule has 0 radical (unpaired) electrons. The van der Waals surface area contributed by atoms with Gasteiger partial charge >= 0.3 is 6.03 Å². The first-order valence-electron chi connectivity index (χ1n) is 15.1. The molecule has 3 N–H and O–H groups in total. The number of urea groups is 1. The summed E-state index contributed by atoms with van der Waals surface area (Å²) in [7, 11) is 0. The van der Waals surface area contributed by atoms with Crippen LogP contribution in [0.25, 0.3) is 0 Å². The van der Waals surface area contributed by atoms with E-state index >= 15 is 0 Å². The predicted octanol–water partition coefficient (Wildman–Crippen LogP) is 2.37. The van der Waals surface area contributed by atoms with Crippen LogP contribution in [-0.4, -0.2) is 102 Å². The number of nitrogens with two attached hydrogens (primary N) is 1. The fraction of sp³-hybridized carbons (Fsp3) is 0.567. The van der Waals surface area contributed by atoms with Gasteiger partial charge in [0.15, 0.2) is 11.5 Å². The Morgan fingerprint density at radius 3 is 2.31 bits per heavy atom. The zero-order chi connectivity index (χ0) is 28.8. The van der Waals surface area contributed by atoms with Crippen molar-refractivity contribution in [2.75, 3.05) is 67.6 Å². The molecule has 12 heteroatoms. The van der Waals surface area contributed by atoms with Gasteiger partial charge in [-0.3, -0.25) is 9.59 Å². The van der Waals surface area contributed by atoms with Gasteiger partial charge in [-0.05, 0) is 55.4 Å². The van der Waals surface area contributed by atoms with Gasteiger partial charge in [0.1, 0.15) is 11.6 Å². The van der Waals surface area contributed by atoms with Crippen molar-refractivity contribution in [2.24, 2.45) is 11.1 Å². The minimum atomic E-state index is -0.649. The second-order valence-electron chi connectivity index (χ2n) is 12.4. The molecule has 5 fully saturated rings. The lowest BCUT2D eigenvalue weighted by Gasteiger charge is -2.47. The third-order valence-corrected chi connectivity index (χ3v) is 9.75. The topological polar surface area (TPSA) is 137 Å². The normalized spacial score (nSPS) is 24.1. The van der Waals surface area contributed by atoms with E-state index in [9.17, 15) is 14.4 Å². The Kier molecular flexibility index (Phi) is 6.88. The van der Waals surface area contributed by atoms with Gasteiger partial charge in [0.05, 0.1) is 31.5 Å². The van der Waals surface area contributed by atoms with E-state index in [2.05, 4.69) is 32.2 Å². The molecule has 1 aliphatic carbocycles. The van der Waals surface area contributed by atoms with Crippen LogP contribution in [0.5, 0.6) is 0 Å². The van der Waals surface area contributed by atoms with Crippen LogP contribution in [0.4, 0.5) is 27.8 Å². The number of benzene rings is 1. The van der Waals surface area contributed by atoms with Gasteiger partial charge in [0.25, 0.3) is 5.91 Å². The van der Waals surface area contributed by atoms with Gasteiger partial charge in [-0.1, -0.05) is 0 Å². The summed E-state index contributed by atoms with van der Waals surface area (Å²) in [5.74, 6) is 0.716. The molecule has 1 unspecified atom stereocenters. The van der Waals surface area contributed by atoms with Crippen molar-refractivity contribution >= 4 is 40.7 Å². The largest absolute Gasteiger partial charge is 0.377 e. The van der Waals surface area contributed by atoms with Gasteiger partial charge < -0.3 is 35.4 Å². The minimum Gasteiger partial charge on any atom is -0.377 e. The Hall–Kier alpha value is -3.93. The lowest BCUT2D eigenvalue weighted by molar-refractivity contribution is -0.133. The third kappa shape index (κ3) is 5.01. The summed E-state index contributed by atoms with van der Waals surface area (Å²) < 4.78 is 5.29. The standard InChI is InChI=1S/C30H38N8O4/c31-27(40)26-28(33-20-3-5-21(6-4-20)35-10-7-30(8-11-35)14-24(39)15-30)34-25(16-32-26)36-9-1-2-22(17-36)37-12-13-38(29(37)41)23-18-42-19-23/h3-6,16,22-23H,1-2,7-15,17-19H2,(H2,31,40)(H,33,34). The number of piperidine rings is 2. The summed E-state index contributed by atoms with van der Waals surface area (Å²) in [6.07, 6.45) is 7.07. The lowest BCUT2D eigenvalue weighted by atomic mass is 9.62. The second-order valence-corrected chi connectivity index (χ2v) is 12.4. The van der Waals surface area contributed by atoms with Crippen LogP contribution in [-0.2, 0) is 9.53 Å². The van der Waals surface area contributed by atoms with Crippen molar-refractivity contribution in [2.45, 2.75) is 50.6 Å². The van der Waals surface area contributed by atoms with E-state index in [0.717, 1.165) is 82.6 Å². The van der Waals surface area contributed by atoms with Crippen molar-refractivity contribution in [1.29, 1.82) is 0 Å². The van der Waals surface area contributed by atoms with Gasteiger partial charge in [0, 0.05) is 63.5 Å². The van der Waals surface area contributed by atoms with Crippen LogP contribution < -0.4 is 20.9 Å². The number of rotatable bonds is 7. The SMILES string of the molecule is NC(=O)c1ncc(N2CCCC(N3CCN(C4COC4)C3=O)C2)nc1Nc1ccc(N2CCC3(CC2)CC(=O)C3)cc1. The molecule has 1 aromatic heterocycles. The summed E-state index contributed by atoms with van der Waals surface area (Å²) in [5.41, 5.74) is 7.90. The van der Waals surface area contributed by atoms with Crippen molar-refractivity contribution in [3.8, 4) is 0 Å². The average molecular weight is 575 g/mol. The first kappa shape index (κ1) is 26.9. The van der Waals surface area contributed by atoms with E-state index in [1.807, 2.05) is 21.9 Å². The molecule has 4 saturated heterocycles. The van der Waals surface area contributed by atoms with Crippen molar-refractivity contribution in [3.05, 3.63) is 36.2 Å². The zero-order valence-corrected chi connectivity index (χ0v) is 23.8. The summed E-state index contributed by atoms with van der Waals surface area (Å²) in [5, 5.41) is 3.26. The third-order valence-electron chi connectivity index (χ3n) is 9.75. The second kappa shape index (κ2) is 10.7. The highest BCUT2D eigenvalue weighted by Crippen LogP contribution is 2.47. The van der Waals surface area contributed by atoms with Gasteiger partial charge in [0.2, 0.25) is 0 Å². The number of primary amides is 1. The number of anilines is 4. The van der Waals surface area contributed by atoms with Crippen LogP contribution >= 0.6 is 0 Å². The van der Waals surface area contributed by atoms with E-state index < -0.39 is 5.91 Å². The van der Waals surface area contributed by atoms with Crippen LogP contribution in [0.3, 0.4) is 0 Å². The van der Waals surface area contributed by atoms with Crippen LogP contribution in [0.15, 0.2) is 30.5 Å². The number of hydrogen-bond donors (Lipinski definition) is 2. The molecule has 1 atom stereocenters. The maximum atomic E-state index is 13.1. The highest BCUT2D eigenvalue weighted by molar-refractivity contribution is 5.96. The molecule has 1 aromatic carbocycles. The van der Waals surface area contributed by atoms with Crippen molar-refractivity contribution in [1.82, 2.24) is 19.8 Å². The Labute approximate surface area is 245 Å². The molecule has 0 bridgehead atoms. The molecular weight excluding hydrogens is 536 g/mol. The summed E-state index contributed by atoms with van der Waals surface area (Å²) in [4.78, 5) is 54.5. The number of hydrogen-bond acceptors (Lipinski definition) is 9. The van der Waals surface area contributed by atoms with E-state index in [1.54, 1.807) is 6.20 Å². The molecule has 42 heavy (non-hydrogen) atoms. The summed E-state index contributed by atoms with van der Waals surface area (Å²) in [6, 6.07) is 8.46. The molecule has 12 nitrogen and oxygen atoms in total. The number of Topliss-reactive ketones (excluding diaryl/α,β-unsaturated/α-hetero) is 1. The van der Waals surface area contributed by atoms with Crippen molar-refractivity contribution in [3.63, 3.8) is 0 Å². The number of nitrogens with one attached hydrogen (secondary N) is 1. The molecule has 7 rings (SSSR count). The minimum absolute atomic E-state index is 0.0841. The molecule has 222 valence electrons. The summed E-state index contributed by atoms with van der Waals surface area (Å²) in [6.45, 7) is 6.06. The first-order valence-corrected chi connectivity index (χ1v) is 15.1. The van der Waals surface area contributed by atoms with E-state index in [0.29, 0.717) is 37.2 Å². The monoisotopic (exact) mass is 574 g/mol. The van der Waals surface area contributed by atoms with Crippen molar-refractivity contribution < 1.29 is 19.1 Å². The molecule has 1 saturated carbocycles. The number of ether oxygens (including phenoxy) is 1. The predicted molar refractivity (Wildman–Crippen MR) is 157 cm³/mol. The molecule has 4 aliphatic heterocycles. The van der Waals surface area contributed by atoms with Gasteiger partial charge in [-0.25, -0.2) is 14.8 Å². The Balaban J connectivity index is 1.02. The molecule has 5 aliphatic rings. The average Bonchev–Trinajstić information content (AvgIpc) is 3.32. The van der Waals surface area contributed by atoms with Gasteiger partial charge in [-0.2, -0.15) is 0 Å². The molecule has 2 aromatic rings. The maximum Gasteiger partial charge on any atom is 0.320 e. The van der Waals surface area contributed by atoms with Gasteiger partial charge in [-0.15, -0.1) is 0 Å².